The van der Waals surface area contributed by atoms with Crippen molar-refractivity contribution in [3.63, 3.8) is 0 Å². The number of aryl methyl sites for hydroxylation is 2. The standard InChI is InChI=1S/C17H14Cl2N2O2/c1-9-3-4-15(10(2)5-9)20-8-21-16(22)11-6-13(18)14(19)7-12(11)17(21)23/h3-7,20H,8H2,1-2H3. The van der Waals surface area contributed by atoms with E-state index in [0.29, 0.717) is 0 Å². The summed E-state index contributed by atoms with van der Waals surface area (Å²) in [7, 11) is 0. The Labute approximate surface area is 144 Å². The molecule has 1 N–H and O–H groups in total. The van der Waals surface area contributed by atoms with Gasteiger partial charge in [-0.3, -0.25) is 14.5 Å². The predicted molar refractivity (Wildman–Crippen MR) is 91.4 cm³/mol. The highest BCUT2D eigenvalue weighted by atomic mass is 35.5. The fourth-order valence-corrected chi connectivity index (χ4v) is 2.93. The van der Waals surface area contributed by atoms with Crippen LogP contribution >= 0.6 is 23.2 Å². The van der Waals surface area contributed by atoms with E-state index in [9.17, 15) is 9.59 Å². The van der Waals surface area contributed by atoms with Crippen molar-refractivity contribution in [2.24, 2.45) is 0 Å². The summed E-state index contributed by atoms with van der Waals surface area (Å²) in [5, 5.41) is 3.65. The average Bonchev–Trinajstić information content (AvgIpc) is 2.71. The van der Waals surface area contributed by atoms with Gasteiger partial charge in [0.15, 0.2) is 0 Å². The summed E-state index contributed by atoms with van der Waals surface area (Å²) in [6.07, 6.45) is 0. The molecule has 0 aliphatic carbocycles. The number of halogens is 2. The molecule has 0 spiro atoms. The molecule has 3 rings (SSSR count). The second-order valence-electron chi connectivity index (χ2n) is 5.50. The SMILES string of the molecule is Cc1ccc(NCN2C(=O)c3cc(Cl)c(Cl)cc3C2=O)c(C)c1. The van der Waals surface area contributed by atoms with Gasteiger partial charge in [0.1, 0.15) is 0 Å². The molecule has 0 saturated heterocycles. The van der Waals surface area contributed by atoms with Crippen molar-refractivity contribution >= 4 is 40.7 Å². The summed E-state index contributed by atoms with van der Waals surface area (Å²) in [6, 6.07) is 8.81. The highest BCUT2D eigenvalue weighted by Crippen LogP contribution is 2.31. The minimum Gasteiger partial charge on any atom is -0.367 e. The zero-order valence-corrected chi connectivity index (χ0v) is 14.1. The van der Waals surface area contributed by atoms with Gasteiger partial charge in [0.2, 0.25) is 0 Å². The van der Waals surface area contributed by atoms with Gasteiger partial charge in [0.25, 0.3) is 11.8 Å². The molecule has 0 unspecified atom stereocenters. The number of fused-ring (bicyclic) bond motifs is 1. The normalized spacial score (nSPS) is 13.5. The zero-order chi connectivity index (χ0) is 16.7. The number of nitrogens with zero attached hydrogens (tertiary/aromatic N) is 1. The van der Waals surface area contributed by atoms with Crippen molar-refractivity contribution in [3.8, 4) is 0 Å². The van der Waals surface area contributed by atoms with Gasteiger partial charge in [-0.05, 0) is 37.6 Å². The lowest BCUT2D eigenvalue weighted by molar-refractivity contribution is 0.0665. The number of carbonyl (C=O) groups is 2. The van der Waals surface area contributed by atoms with Crippen LogP contribution in [0, 0.1) is 13.8 Å². The Morgan fingerprint density at radius 1 is 0.957 bits per heavy atom. The molecule has 1 aliphatic rings. The number of rotatable bonds is 3. The van der Waals surface area contributed by atoms with E-state index >= 15 is 0 Å². The first-order valence-electron chi connectivity index (χ1n) is 7.05. The number of benzene rings is 2. The Morgan fingerprint density at radius 2 is 1.52 bits per heavy atom. The Morgan fingerprint density at radius 3 is 2.04 bits per heavy atom. The van der Waals surface area contributed by atoms with E-state index in [1.807, 2.05) is 32.0 Å². The second-order valence-corrected chi connectivity index (χ2v) is 6.32. The van der Waals surface area contributed by atoms with Crippen LogP contribution in [0.2, 0.25) is 10.0 Å². The van der Waals surface area contributed by atoms with Gasteiger partial charge in [-0.1, -0.05) is 40.9 Å². The molecule has 0 atom stereocenters. The molecule has 2 amide bonds. The van der Waals surface area contributed by atoms with Crippen molar-refractivity contribution in [2.45, 2.75) is 13.8 Å². The van der Waals surface area contributed by atoms with E-state index in [2.05, 4.69) is 5.32 Å². The Bertz CT molecular complexity index is 793. The monoisotopic (exact) mass is 348 g/mol. The third-order valence-corrected chi connectivity index (χ3v) is 4.54. The predicted octanol–water partition coefficient (Wildman–Crippen LogP) is 4.28. The van der Waals surface area contributed by atoms with Crippen LogP contribution in [0.4, 0.5) is 5.69 Å². The van der Waals surface area contributed by atoms with Gasteiger partial charge in [-0.15, -0.1) is 0 Å². The van der Waals surface area contributed by atoms with Crippen LogP contribution in [0.3, 0.4) is 0 Å². The summed E-state index contributed by atoms with van der Waals surface area (Å²) in [5.41, 5.74) is 3.65. The lowest BCUT2D eigenvalue weighted by atomic mass is 10.1. The summed E-state index contributed by atoms with van der Waals surface area (Å²) in [4.78, 5) is 25.9. The Hall–Kier alpha value is -2.04. The summed E-state index contributed by atoms with van der Waals surface area (Å²) < 4.78 is 0. The van der Waals surface area contributed by atoms with Gasteiger partial charge in [0.05, 0.1) is 27.8 Å². The molecule has 0 saturated carbocycles. The van der Waals surface area contributed by atoms with Crippen LogP contribution in [-0.2, 0) is 0 Å². The highest BCUT2D eigenvalue weighted by Gasteiger charge is 2.36. The maximum absolute atomic E-state index is 12.4. The molecule has 0 fully saturated rings. The quantitative estimate of drug-likeness (QED) is 0.842. The van der Waals surface area contributed by atoms with Crippen LogP contribution < -0.4 is 5.32 Å². The van der Waals surface area contributed by atoms with Crippen LogP contribution in [0.25, 0.3) is 0 Å². The number of amides is 2. The van der Waals surface area contributed by atoms with E-state index < -0.39 is 0 Å². The van der Waals surface area contributed by atoms with Gasteiger partial charge in [0, 0.05) is 5.69 Å². The van der Waals surface area contributed by atoms with Crippen molar-refractivity contribution < 1.29 is 9.59 Å². The Kier molecular flexibility index (Phi) is 4.04. The van der Waals surface area contributed by atoms with Crippen LogP contribution in [0.1, 0.15) is 31.8 Å². The summed E-state index contributed by atoms with van der Waals surface area (Å²) in [6.45, 7) is 4.07. The van der Waals surface area contributed by atoms with E-state index in [0.717, 1.165) is 21.7 Å². The largest absolute Gasteiger partial charge is 0.367 e. The summed E-state index contributed by atoms with van der Waals surface area (Å²) in [5.74, 6) is -0.748. The Balaban J connectivity index is 1.82. The third-order valence-electron chi connectivity index (χ3n) is 3.82. The number of imide groups is 1. The number of nitrogens with one attached hydrogen (secondary N) is 1. The first-order chi connectivity index (χ1) is 10.9. The molecular weight excluding hydrogens is 335 g/mol. The van der Waals surface area contributed by atoms with Gasteiger partial charge in [-0.25, -0.2) is 0 Å². The fraction of sp³-hybridized carbons (Fsp3) is 0.176. The van der Waals surface area contributed by atoms with Crippen molar-refractivity contribution in [1.29, 1.82) is 0 Å². The van der Waals surface area contributed by atoms with Crippen LogP contribution in [0.15, 0.2) is 30.3 Å². The minimum atomic E-state index is -0.374. The lowest BCUT2D eigenvalue weighted by Crippen LogP contribution is -2.34. The number of carbonyl (C=O) groups excluding carboxylic acids is 2. The average molecular weight is 349 g/mol. The van der Waals surface area contributed by atoms with Gasteiger partial charge < -0.3 is 5.32 Å². The first-order valence-corrected chi connectivity index (χ1v) is 7.80. The number of anilines is 1. The zero-order valence-electron chi connectivity index (χ0n) is 12.6. The minimum absolute atomic E-state index is 0.0888. The first kappa shape index (κ1) is 15.8. The van der Waals surface area contributed by atoms with Crippen molar-refractivity contribution in [2.75, 3.05) is 12.0 Å². The molecule has 2 aromatic rings. The topological polar surface area (TPSA) is 49.4 Å². The van der Waals surface area contributed by atoms with Crippen LogP contribution in [0.5, 0.6) is 0 Å². The lowest BCUT2D eigenvalue weighted by Gasteiger charge is -2.17. The van der Waals surface area contributed by atoms with E-state index in [1.54, 1.807) is 0 Å². The second kappa shape index (κ2) is 5.87. The molecule has 1 heterocycles. The molecule has 23 heavy (non-hydrogen) atoms. The van der Waals surface area contributed by atoms with Crippen molar-refractivity contribution in [3.05, 3.63) is 62.6 Å². The molecule has 1 aliphatic heterocycles. The molecule has 4 nitrogen and oxygen atoms in total. The van der Waals surface area contributed by atoms with Crippen LogP contribution in [-0.4, -0.2) is 23.4 Å². The van der Waals surface area contributed by atoms with Gasteiger partial charge >= 0.3 is 0 Å². The maximum Gasteiger partial charge on any atom is 0.263 e. The fourth-order valence-electron chi connectivity index (χ4n) is 2.60. The molecule has 0 bridgehead atoms. The van der Waals surface area contributed by atoms with E-state index in [-0.39, 0.29) is 39.7 Å². The molecule has 0 aromatic heterocycles. The third kappa shape index (κ3) is 2.80. The summed E-state index contributed by atoms with van der Waals surface area (Å²) >= 11 is 11.9. The molecule has 118 valence electrons. The molecule has 6 heteroatoms. The smallest absolute Gasteiger partial charge is 0.263 e. The number of hydrogen-bond acceptors (Lipinski definition) is 3. The maximum atomic E-state index is 12.4. The highest BCUT2D eigenvalue weighted by molar-refractivity contribution is 6.43. The molecule has 2 aromatic carbocycles. The molecule has 0 radical (unpaired) electrons. The van der Waals surface area contributed by atoms with Gasteiger partial charge in [-0.2, -0.15) is 0 Å². The van der Waals surface area contributed by atoms with E-state index in [1.165, 1.54) is 12.1 Å². The van der Waals surface area contributed by atoms with Crippen molar-refractivity contribution in [1.82, 2.24) is 4.90 Å². The number of hydrogen-bond donors (Lipinski definition) is 1. The van der Waals surface area contributed by atoms with E-state index in [4.69, 9.17) is 23.2 Å². The molecular formula is C17H14Cl2N2O2.